The summed E-state index contributed by atoms with van der Waals surface area (Å²) in [5.74, 6) is -0.779. The quantitative estimate of drug-likeness (QED) is 0.773. The second kappa shape index (κ2) is 6.33. The lowest BCUT2D eigenvalue weighted by atomic mass is 10.4. The summed E-state index contributed by atoms with van der Waals surface area (Å²) in [5.41, 5.74) is 1.09. The van der Waals surface area contributed by atoms with Crippen LogP contribution in [-0.4, -0.2) is 42.1 Å². The maximum atomic E-state index is 12.3. The number of hydrogen-bond acceptors (Lipinski definition) is 7. The van der Waals surface area contributed by atoms with Gasteiger partial charge < -0.3 is 9.30 Å². The number of rotatable bonds is 6. The first-order valence-corrected chi connectivity index (χ1v) is 8.30. The fraction of sp³-hybridized carbons (Fsp3) is 0.364. The minimum atomic E-state index is -3.83. The molecule has 0 aliphatic carbocycles. The van der Waals surface area contributed by atoms with E-state index in [1.807, 2.05) is 0 Å². The van der Waals surface area contributed by atoms with Gasteiger partial charge in [0.05, 0.1) is 18.9 Å². The largest absolute Gasteiger partial charge is 0.464 e. The molecule has 1 atom stereocenters. The van der Waals surface area contributed by atoms with E-state index < -0.39 is 16.0 Å². The molecule has 2 heterocycles. The Hall–Kier alpha value is -1.78. The van der Waals surface area contributed by atoms with Crippen LogP contribution in [0, 0.1) is 0 Å². The van der Waals surface area contributed by atoms with Crippen molar-refractivity contribution >= 4 is 27.3 Å². The van der Waals surface area contributed by atoms with Crippen LogP contribution < -0.4 is 4.72 Å². The van der Waals surface area contributed by atoms with Crippen LogP contribution in [0.2, 0.25) is 0 Å². The van der Waals surface area contributed by atoms with Crippen molar-refractivity contribution < 1.29 is 17.9 Å². The smallest absolute Gasteiger partial charge is 0.358 e. The van der Waals surface area contributed by atoms with Crippen LogP contribution in [0.4, 0.5) is 0 Å². The van der Waals surface area contributed by atoms with Crippen molar-refractivity contribution in [3.05, 3.63) is 29.9 Å². The summed E-state index contributed by atoms with van der Waals surface area (Å²) in [5, 5.41) is 0. The summed E-state index contributed by atoms with van der Waals surface area (Å²) in [6.45, 7) is 2.14. The summed E-state index contributed by atoms with van der Waals surface area (Å²) in [4.78, 5) is 19.1. The van der Waals surface area contributed by atoms with Gasteiger partial charge in [-0.05, 0) is 6.92 Å². The second-order valence-corrected chi connectivity index (χ2v) is 7.03. The van der Waals surface area contributed by atoms with Crippen LogP contribution in [0.15, 0.2) is 28.4 Å². The lowest BCUT2D eigenvalue weighted by Gasteiger charge is -2.14. The van der Waals surface area contributed by atoms with E-state index in [1.54, 1.807) is 30.2 Å². The number of carbonyl (C=O) groups is 1. The number of nitrogens with one attached hydrogen (secondary N) is 1. The Kier molecular flexibility index (Phi) is 4.70. The van der Waals surface area contributed by atoms with Gasteiger partial charge in [-0.1, -0.05) is 0 Å². The summed E-state index contributed by atoms with van der Waals surface area (Å²) in [7, 11) is -2.66. The molecule has 0 bridgehead atoms. The molecule has 0 amide bonds. The van der Waals surface area contributed by atoms with Gasteiger partial charge >= 0.3 is 5.97 Å². The molecule has 0 spiro atoms. The number of methoxy groups -OCH3 is 1. The average molecular weight is 330 g/mol. The number of nitrogens with zero attached hydrogens (tertiary/aromatic N) is 3. The molecule has 2 aromatic rings. The maximum Gasteiger partial charge on any atom is 0.358 e. The van der Waals surface area contributed by atoms with Crippen LogP contribution >= 0.6 is 11.3 Å². The molecule has 2 aromatic heterocycles. The minimum Gasteiger partial charge on any atom is -0.464 e. The summed E-state index contributed by atoms with van der Waals surface area (Å²) in [6.07, 6.45) is 4.94. The van der Waals surface area contributed by atoms with Gasteiger partial charge in [-0.25, -0.2) is 27.9 Å². The molecule has 10 heteroatoms. The first kappa shape index (κ1) is 15.6. The predicted octanol–water partition coefficient (Wildman–Crippen LogP) is 0.493. The number of sulfonamides is 1. The molecule has 0 aromatic carbocycles. The number of hydrogen-bond donors (Lipinski definition) is 1. The molecular weight excluding hydrogens is 316 g/mol. The zero-order chi connectivity index (χ0) is 15.5. The molecular formula is C11H14N4O4S2. The second-order valence-electron chi connectivity index (χ2n) is 4.26. The first-order chi connectivity index (χ1) is 9.94. The van der Waals surface area contributed by atoms with Gasteiger partial charge in [0, 0.05) is 25.0 Å². The van der Waals surface area contributed by atoms with E-state index in [9.17, 15) is 13.2 Å². The van der Waals surface area contributed by atoms with E-state index in [0.29, 0.717) is 6.54 Å². The highest BCUT2D eigenvalue weighted by Gasteiger charge is 2.27. The Balaban J connectivity index is 2.15. The number of carbonyl (C=O) groups excluding carboxylic acids is 1. The fourth-order valence-electron chi connectivity index (χ4n) is 1.73. The minimum absolute atomic E-state index is 0.146. The van der Waals surface area contributed by atoms with E-state index in [2.05, 4.69) is 19.4 Å². The van der Waals surface area contributed by atoms with Crippen molar-refractivity contribution in [2.45, 2.75) is 23.7 Å². The first-order valence-electron chi connectivity index (χ1n) is 5.94. The average Bonchev–Trinajstić information content (AvgIpc) is 3.07. The lowest BCUT2D eigenvalue weighted by molar-refractivity contribution is 0.0590. The van der Waals surface area contributed by atoms with Crippen molar-refractivity contribution in [2.75, 3.05) is 7.11 Å². The van der Waals surface area contributed by atoms with Crippen LogP contribution in [0.3, 0.4) is 0 Å². The summed E-state index contributed by atoms with van der Waals surface area (Å²) >= 11 is 0.869. The Labute approximate surface area is 125 Å². The van der Waals surface area contributed by atoms with Gasteiger partial charge in [0.2, 0.25) is 0 Å². The molecule has 114 valence electrons. The third-order valence-electron chi connectivity index (χ3n) is 2.56. The van der Waals surface area contributed by atoms with Gasteiger partial charge in [-0.2, -0.15) is 0 Å². The highest BCUT2D eigenvalue weighted by Crippen LogP contribution is 2.21. The molecule has 0 aliphatic rings. The molecule has 0 saturated carbocycles. The molecule has 0 radical (unpaired) electrons. The maximum absolute atomic E-state index is 12.3. The van der Waals surface area contributed by atoms with Gasteiger partial charge in [-0.3, -0.25) is 0 Å². The van der Waals surface area contributed by atoms with Gasteiger partial charge in [0.1, 0.15) is 0 Å². The highest BCUT2D eigenvalue weighted by atomic mass is 32.2. The van der Waals surface area contributed by atoms with Crippen molar-refractivity contribution in [1.82, 2.24) is 19.3 Å². The van der Waals surface area contributed by atoms with E-state index in [4.69, 9.17) is 0 Å². The Morgan fingerprint density at radius 3 is 2.95 bits per heavy atom. The third-order valence-corrected chi connectivity index (χ3v) is 5.52. The van der Waals surface area contributed by atoms with Crippen LogP contribution in [0.25, 0.3) is 0 Å². The van der Waals surface area contributed by atoms with E-state index in [-0.39, 0.29) is 15.9 Å². The van der Waals surface area contributed by atoms with Gasteiger partial charge in [-0.15, -0.1) is 11.3 Å². The molecule has 1 unspecified atom stereocenters. The SMILES string of the molecule is COC(=O)c1ncsc1S(=O)(=O)NC(C)Cn1ccnc1. The lowest BCUT2D eigenvalue weighted by Crippen LogP contribution is -2.35. The monoisotopic (exact) mass is 330 g/mol. The van der Waals surface area contributed by atoms with Crippen molar-refractivity contribution in [3.63, 3.8) is 0 Å². The van der Waals surface area contributed by atoms with E-state index in [0.717, 1.165) is 11.3 Å². The Morgan fingerprint density at radius 1 is 1.57 bits per heavy atom. The Bertz CT molecular complexity index is 708. The third kappa shape index (κ3) is 3.65. The zero-order valence-electron chi connectivity index (χ0n) is 11.4. The highest BCUT2D eigenvalue weighted by molar-refractivity contribution is 7.91. The zero-order valence-corrected chi connectivity index (χ0v) is 13.0. The van der Waals surface area contributed by atoms with E-state index in [1.165, 1.54) is 12.6 Å². The summed E-state index contributed by atoms with van der Waals surface area (Å²) < 4.78 is 33.2. The number of thiazole rings is 1. The van der Waals surface area contributed by atoms with Crippen LogP contribution in [-0.2, 0) is 21.3 Å². The molecule has 2 rings (SSSR count). The summed E-state index contributed by atoms with van der Waals surface area (Å²) in [6, 6.07) is -0.378. The fourth-order valence-corrected chi connectivity index (χ4v) is 4.11. The molecule has 1 N–H and O–H groups in total. The normalized spacial score (nSPS) is 13.0. The van der Waals surface area contributed by atoms with E-state index >= 15 is 0 Å². The van der Waals surface area contributed by atoms with Gasteiger partial charge in [0.15, 0.2) is 9.90 Å². The standard InChI is InChI=1S/C11H14N4O4S2/c1-8(5-15-4-3-12-6-15)14-21(17,18)11-9(10(16)19-2)13-7-20-11/h3-4,6-8,14H,5H2,1-2H3. The molecule has 8 nitrogen and oxygen atoms in total. The van der Waals surface area contributed by atoms with Crippen molar-refractivity contribution in [3.8, 4) is 0 Å². The number of aromatic nitrogens is 3. The molecule has 21 heavy (non-hydrogen) atoms. The molecule has 0 saturated heterocycles. The van der Waals surface area contributed by atoms with Crippen molar-refractivity contribution in [1.29, 1.82) is 0 Å². The van der Waals surface area contributed by atoms with Crippen LogP contribution in [0.5, 0.6) is 0 Å². The number of ether oxygens (including phenoxy) is 1. The van der Waals surface area contributed by atoms with Crippen LogP contribution in [0.1, 0.15) is 17.4 Å². The Morgan fingerprint density at radius 2 is 2.33 bits per heavy atom. The molecule has 0 fully saturated rings. The van der Waals surface area contributed by atoms with Crippen molar-refractivity contribution in [2.24, 2.45) is 0 Å². The van der Waals surface area contributed by atoms with Gasteiger partial charge in [0.25, 0.3) is 10.0 Å². The topological polar surface area (TPSA) is 103 Å². The molecule has 0 aliphatic heterocycles. The predicted molar refractivity (Wildman–Crippen MR) is 75.5 cm³/mol. The number of esters is 1. The number of imidazole rings is 1.